The summed E-state index contributed by atoms with van der Waals surface area (Å²) in [6, 6.07) is 0. The van der Waals surface area contributed by atoms with Crippen LogP contribution in [0.25, 0.3) is 0 Å². The van der Waals surface area contributed by atoms with Crippen molar-refractivity contribution in [1.29, 1.82) is 0 Å². The van der Waals surface area contributed by atoms with E-state index in [1.165, 1.54) is 18.4 Å². The number of nitrogens with zero attached hydrogens (tertiary/aromatic N) is 1. The lowest BCUT2D eigenvalue weighted by Crippen LogP contribution is -2.69. The zero-order valence-corrected chi connectivity index (χ0v) is 27.7. The average Bonchev–Trinajstić information content (AvgIpc) is 3.58. The molecule has 46 heavy (non-hydrogen) atoms. The van der Waals surface area contributed by atoms with Crippen molar-refractivity contribution in [2.24, 2.45) is 33.6 Å². The lowest BCUT2D eigenvalue weighted by molar-refractivity contribution is -0.282. The molecule has 9 nitrogen and oxygen atoms in total. The molecule has 9 heteroatoms. The van der Waals surface area contributed by atoms with Crippen LogP contribution in [0.4, 0.5) is 0 Å². The highest BCUT2D eigenvalue weighted by atomic mass is 16.7. The highest BCUT2D eigenvalue weighted by Gasteiger charge is 2.71. The van der Waals surface area contributed by atoms with Gasteiger partial charge in [0.15, 0.2) is 6.29 Å². The van der Waals surface area contributed by atoms with Gasteiger partial charge in [-0.1, -0.05) is 18.6 Å². The van der Waals surface area contributed by atoms with Gasteiger partial charge in [-0.25, -0.2) is 4.79 Å². The second-order valence-corrected chi connectivity index (χ2v) is 16.1. The molecular weight excluding hydrogens is 586 g/mol. The van der Waals surface area contributed by atoms with E-state index < -0.39 is 41.2 Å². The van der Waals surface area contributed by atoms with E-state index in [9.17, 15) is 25.2 Å². The van der Waals surface area contributed by atoms with E-state index in [2.05, 4.69) is 19.2 Å². The van der Waals surface area contributed by atoms with Gasteiger partial charge >= 0.3 is 5.97 Å². The Bertz CT molecular complexity index is 1250. The Morgan fingerprint density at radius 2 is 1.89 bits per heavy atom. The molecule has 2 aliphatic heterocycles. The Morgan fingerprint density at radius 3 is 2.63 bits per heavy atom. The Labute approximate surface area is 273 Å². The molecule has 8 unspecified atom stereocenters. The molecular formula is C37H55NO8. The van der Waals surface area contributed by atoms with Gasteiger partial charge in [0.2, 0.25) is 0 Å². The standard InChI is InChI=1S/C37H55NO8/c1-23-33(41)30(39)19-32(45-23)46-26-8-14-35(22-38-17-12-24-6-4-3-5-7-24)28-9-13-34(2)27(25-18-31(40)44-21-25)11-16-37(34,43)29(28)10-15-36(35,42)20-26/h6,18,22-23,26-30,32-33,39,41-43H,3-5,7-17,19-21H2,1-2H3/t23?,26?,27-,28-,29?,30?,32?,33?,34+,35-,36?,37?/m0/s1. The van der Waals surface area contributed by atoms with E-state index in [1.807, 2.05) is 0 Å². The van der Waals surface area contributed by atoms with Crippen molar-refractivity contribution >= 4 is 12.2 Å². The first-order valence-electron chi connectivity index (χ1n) is 18.2. The molecule has 5 aliphatic carbocycles. The zero-order valence-electron chi connectivity index (χ0n) is 27.7. The van der Waals surface area contributed by atoms with Crippen LogP contribution in [-0.4, -0.2) is 87.7 Å². The quantitative estimate of drug-likeness (QED) is 0.138. The number of cyclic esters (lactones) is 1. The van der Waals surface area contributed by atoms with Crippen LogP contribution in [0.1, 0.15) is 110 Å². The maximum atomic E-state index is 12.8. The van der Waals surface area contributed by atoms with Gasteiger partial charge in [-0.05, 0) is 114 Å². The van der Waals surface area contributed by atoms with Crippen LogP contribution in [0, 0.1) is 28.6 Å². The molecule has 0 amide bonds. The topological polar surface area (TPSA) is 138 Å². The van der Waals surface area contributed by atoms with Crippen molar-refractivity contribution in [2.45, 2.75) is 152 Å². The lowest BCUT2D eigenvalue weighted by atomic mass is 9.41. The van der Waals surface area contributed by atoms with E-state index in [1.54, 1.807) is 13.0 Å². The van der Waals surface area contributed by atoms with Crippen molar-refractivity contribution in [1.82, 2.24) is 0 Å². The number of fused-ring (bicyclic) bond motifs is 5. The number of allylic oxidation sites excluding steroid dienone is 1. The third-order valence-corrected chi connectivity index (χ3v) is 13.9. The number of ether oxygens (including phenoxy) is 3. The number of hydrogen-bond donors (Lipinski definition) is 4. The number of carbonyl (C=O) groups is 1. The van der Waals surface area contributed by atoms with Gasteiger partial charge in [-0.15, -0.1) is 0 Å². The molecule has 0 bridgehead atoms. The van der Waals surface area contributed by atoms with Crippen LogP contribution in [0.3, 0.4) is 0 Å². The van der Waals surface area contributed by atoms with Gasteiger partial charge in [-0.3, -0.25) is 4.99 Å². The molecule has 5 fully saturated rings. The summed E-state index contributed by atoms with van der Waals surface area (Å²) in [5, 5.41) is 46.0. The first-order valence-corrected chi connectivity index (χ1v) is 18.2. The maximum absolute atomic E-state index is 12.8. The molecule has 256 valence electrons. The highest BCUT2D eigenvalue weighted by Crippen LogP contribution is 2.70. The van der Waals surface area contributed by atoms with E-state index in [0.29, 0.717) is 38.8 Å². The normalized spacial score (nSPS) is 49.1. The zero-order chi connectivity index (χ0) is 32.3. The molecule has 0 aromatic heterocycles. The molecule has 7 aliphatic rings. The van der Waals surface area contributed by atoms with Gasteiger partial charge in [0.1, 0.15) is 12.7 Å². The second kappa shape index (κ2) is 12.4. The Morgan fingerprint density at radius 1 is 1.07 bits per heavy atom. The summed E-state index contributed by atoms with van der Waals surface area (Å²) in [6.45, 7) is 5.01. The van der Waals surface area contributed by atoms with Gasteiger partial charge in [0.05, 0.1) is 29.5 Å². The largest absolute Gasteiger partial charge is 0.458 e. The van der Waals surface area contributed by atoms with Gasteiger partial charge in [0.25, 0.3) is 0 Å². The van der Waals surface area contributed by atoms with Crippen molar-refractivity contribution in [3.05, 3.63) is 23.3 Å². The molecule has 0 aromatic carbocycles. The third kappa shape index (κ3) is 5.36. The molecule has 7 rings (SSSR count). The summed E-state index contributed by atoms with van der Waals surface area (Å²) in [4.78, 5) is 17.1. The highest BCUT2D eigenvalue weighted by molar-refractivity contribution is 5.85. The Balaban J connectivity index is 1.15. The minimum Gasteiger partial charge on any atom is -0.458 e. The number of aliphatic imine (C=N–C) groups is 1. The summed E-state index contributed by atoms with van der Waals surface area (Å²) < 4.78 is 17.6. The maximum Gasteiger partial charge on any atom is 0.331 e. The molecule has 0 aromatic rings. The first-order chi connectivity index (χ1) is 22.0. The fraction of sp³-hybridized carbons (Fsp3) is 0.838. The number of esters is 1. The first kappa shape index (κ1) is 32.9. The van der Waals surface area contributed by atoms with Gasteiger partial charge in [0, 0.05) is 42.5 Å². The number of hydrogen-bond acceptors (Lipinski definition) is 9. The molecule has 1 saturated heterocycles. The van der Waals surface area contributed by atoms with E-state index in [0.717, 1.165) is 56.9 Å². The van der Waals surface area contributed by atoms with Crippen LogP contribution in [-0.2, 0) is 19.0 Å². The van der Waals surface area contributed by atoms with Crippen LogP contribution < -0.4 is 0 Å². The van der Waals surface area contributed by atoms with Crippen molar-refractivity contribution in [2.75, 3.05) is 13.2 Å². The van der Waals surface area contributed by atoms with Crippen LogP contribution in [0.5, 0.6) is 0 Å². The third-order valence-electron chi connectivity index (χ3n) is 13.9. The molecule has 4 saturated carbocycles. The average molecular weight is 642 g/mol. The smallest absolute Gasteiger partial charge is 0.331 e. The fourth-order valence-electron chi connectivity index (χ4n) is 11.4. The molecule has 4 N–H and O–H groups in total. The predicted octanol–water partition coefficient (Wildman–Crippen LogP) is 4.54. The van der Waals surface area contributed by atoms with Crippen LogP contribution in [0.15, 0.2) is 28.3 Å². The fourth-order valence-corrected chi connectivity index (χ4v) is 11.4. The van der Waals surface area contributed by atoms with Crippen molar-refractivity contribution in [3.8, 4) is 0 Å². The minimum atomic E-state index is -1.04. The summed E-state index contributed by atoms with van der Waals surface area (Å²) in [5.74, 6) is -0.0448. The number of carbonyl (C=O) groups excluding carboxylic acids is 1. The van der Waals surface area contributed by atoms with Gasteiger partial charge < -0.3 is 34.6 Å². The van der Waals surface area contributed by atoms with Crippen LogP contribution >= 0.6 is 0 Å². The molecule has 0 radical (unpaired) electrons. The lowest BCUT2D eigenvalue weighted by Gasteiger charge is -2.66. The summed E-state index contributed by atoms with van der Waals surface area (Å²) in [7, 11) is 0. The van der Waals surface area contributed by atoms with E-state index in [4.69, 9.17) is 19.2 Å². The summed E-state index contributed by atoms with van der Waals surface area (Å²) in [5.41, 5.74) is -0.341. The van der Waals surface area contributed by atoms with E-state index in [-0.39, 0.29) is 41.7 Å². The number of rotatable bonds is 7. The molecule has 12 atom stereocenters. The van der Waals surface area contributed by atoms with Crippen LogP contribution in [0.2, 0.25) is 0 Å². The SMILES string of the molecule is CC1OC(OC2CC[C@]3(C=NCCC4=CCCCC4)[C@H]4CC[C@]5(C)[C@H](C6=CC(=O)OC6)CCC5(O)C4CCC3(O)C2)CC(O)C1O. The monoisotopic (exact) mass is 641 g/mol. The van der Waals surface area contributed by atoms with Crippen molar-refractivity contribution < 1.29 is 39.4 Å². The van der Waals surface area contributed by atoms with Crippen molar-refractivity contribution in [3.63, 3.8) is 0 Å². The summed E-state index contributed by atoms with van der Waals surface area (Å²) in [6.07, 6.45) is 15.3. The van der Waals surface area contributed by atoms with Gasteiger partial charge in [-0.2, -0.15) is 0 Å². The number of aliphatic hydroxyl groups excluding tert-OH is 2. The molecule has 0 spiro atoms. The second-order valence-electron chi connectivity index (χ2n) is 16.1. The Hall–Kier alpha value is -1.62. The minimum absolute atomic E-state index is 0.0271. The molecule has 2 heterocycles. The Kier molecular flexibility index (Phi) is 8.84. The number of aliphatic hydroxyl groups is 4. The van der Waals surface area contributed by atoms with E-state index >= 15 is 0 Å². The summed E-state index contributed by atoms with van der Waals surface area (Å²) >= 11 is 0. The predicted molar refractivity (Wildman–Crippen MR) is 172 cm³/mol.